The van der Waals surface area contributed by atoms with Gasteiger partial charge >= 0.3 is 0 Å². The van der Waals surface area contributed by atoms with Gasteiger partial charge in [0, 0.05) is 0 Å². The van der Waals surface area contributed by atoms with Gasteiger partial charge in [0.2, 0.25) is 0 Å². The highest BCUT2D eigenvalue weighted by molar-refractivity contribution is 9.10. The molecule has 0 bridgehead atoms. The summed E-state index contributed by atoms with van der Waals surface area (Å²) in [6, 6.07) is 7.03. The van der Waals surface area contributed by atoms with E-state index in [1.165, 1.54) is 6.92 Å². The molecular formula is C10H11BrO2. The van der Waals surface area contributed by atoms with E-state index in [2.05, 4.69) is 15.9 Å². The van der Waals surface area contributed by atoms with Gasteiger partial charge in [0.15, 0.2) is 0 Å². The zero-order chi connectivity index (χ0) is 9.84. The van der Waals surface area contributed by atoms with Crippen molar-refractivity contribution in [2.24, 2.45) is 0 Å². The normalized spacial score (nSPS) is 12.5. The van der Waals surface area contributed by atoms with Crippen LogP contribution in [0, 0.1) is 0 Å². The van der Waals surface area contributed by atoms with E-state index in [1.807, 2.05) is 12.1 Å². The molecule has 0 saturated heterocycles. The van der Waals surface area contributed by atoms with E-state index < -0.39 is 0 Å². The zero-order valence-corrected chi connectivity index (χ0v) is 8.91. The molecule has 0 aromatic heterocycles. The molecule has 3 heteroatoms. The molecule has 0 saturated carbocycles. The molecule has 1 aromatic rings. The van der Waals surface area contributed by atoms with Gasteiger partial charge in [-0.2, -0.15) is 0 Å². The number of aromatic hydroxyl groups is 1. The standard InChI is InChI=1S/C10H11BrO2/c1-7(12)9(11)6-8-4-2-3-5-10(8)13/h2-5,9,13H,6H2,1H3. The van der Waals surface area contributed by atoms with Crippen LogP contribution in [0.2, 0.25) is 0 Å². The third kappa shape index (κ3) is 2.84. The van der Waals surface area contributed by atoms with Crippen LogP contribution in [-0.2, 0) is 11.2 Å². The Morgan fingerprint density at radius 1 is 1.54 bits per heavy atom. The molecule has 70 valence electrons. The molecule has 0 aliphatic rings. The monoisotopic (exact) mass is 242 g/mol. The maximum atomic E-state index is 10.9. The summed E-state index contributed by atoms with van der Waals surface area (Å²) in [5.74, 6) is 0.316. The average Bonchev–Trinajstić information content (AvgIpc) is 2.08. The molecule has 0 fully saturated rings. The maximum Gasteiger partial charge on any atom is 0.143 e. The Labute approximate surface area is 85.7 Å². The summed E-state index contributed by atoms with van der Waals surface area (Å²) in [5.41, 5.74) is 0.791. The van der Waals surface area contributed by atoms with Crippen LogP contribution in [0.15, 0.2) is 24.3 Å². The number of ketones is 1. The minimum absolute atomic E-state index is 0.0725. The van der Waals surface area contributed by atoms with Crippen LogP contribution in [-0.4, -0.2) is 15.7 Å². The van der Waals surface area contributed by atoms with E-state index in [0.29, 0.717) is 6.42 Å². The number of benzene rings is 1. The molecule has 1 N–H and O–H groups in total. The van der Waals surface area contributed by atoms with Crippen LogP contribution in [0.5, 0.6) is 5.75 Å². The van der Waals surface area contributed by atoms with Crippen molar-refractivity contribution in [3.05, 3.63) is 29.8 Å². The lowest BCUT2D eigenvalue weighted by molar-refractivity contribution is -0.116. The molecule has 0 aliphatic carbocycles. The molecule has 0 heterocycles. The first-order valence-corrected chi connectivity index (χ1v) is 4.94. The molecule has 1 aromatic carbocycles. The number of carbonyl (C=O) groups is 1. The van der Waals surface area contributed by atoms with Crippen molar-refractivity contribution >= 4 is 21.7 Å². The third-order valence-electron chi connectivity index (χ3n) is 1.83. The van der Waals surface area contributed by atoms with Gasteiger partial charge in [-0.15, -0.1) is 0 Å². The first kappa shape index (κ1) is 10.3. The van der Waals surface area contributed by atoms with Gasteiger partial charge in [0.05, 0.1) is 4.83 Å². The second kappa shape index (κ2) is 4.42. The molecule has 0 amide bonds. The fourth-order valence-electron chi connectivity index (χ4n) is 1.02. The summed E-state index contributed by atoms with van der Waals surface area (Å²) < 4.78 is 0. The summed E-state index contributed by atoms with van der Waals surface area (Å²) in [6.07, 6.45) is 0.530. The Hall–Kier alpha value is -0.830. The van der Waals surface area contributed by atoms with E-state index in [4.69, 9.17) is 0 Å². The van der Waals surface area contributed by atoms with Gasteiger partial charge in [0.25, 0.3) is 0 Å². The van der Waals surface area contributed by atoms with E-state index in [0.717, 1.165) is 5.56 Å². The highest BCUT2D eigenvalue weighted by Gasteiger charge is 2.12. The highest BCUT2D eigenvalue weighted by atomic mass is 79.9. The van der Waals surface area contributed by atoms with E-state index >= 15 is 0 Å². The van der Waals surface area contributed by atoms with Gasteiger partial charge in [-0.3, -0.25) is 4.79 Å². The lowest BCUT2D eigenvalue weighted by Gasteiger charge is -2.06. The van der Waals surface area contributed by atoms with Crippen LogP contribution >= 0.6 is 15.9 Å². The number of phenols is 1. The number of hydrogen-bond acceptors (Lipinski definition) is 2. The predicted molar refractivity (Wildman–Crippen MR) is 55.2 cm³/mol. The summed E-state index contributed by atoms with van der Waals surface area (Å²) in [4.78, 5) is 10.7. The highest BCUT2D eigenvalue weighted by Crippen LogP contribution is 2.20. The van der Waals surface area contributed by atoms with Crippen LogP contribution < -0.4 is 0 Å². The largest absolute Gasteiger partial charge is 0.508 e. The average molecular weight is 243 g/mol. The Kier molecular flexibility index (Phi) is 3.48. The van der Waals surface area contributed by atoms with Gasteiger partial charge < -0.3 is 5.11 Å². The Balaban J connectivity index is 2.74. The minimum Gasteiger partial charge on any atom is -0.508 e. The SMILES string of the molecule is CC(=O)C(Br)Cc1ccccc1O. The number of para-hydroxylation sites is 1. The first-order chi connectivity index (χ1) is 6.11. The number of halogens is 1. The second-order valence-corrected chi connectivity index (χ2v) is 4.02. The summed E-state index contributed by atoms with van der Waals surface area (Å²) in [7, 11) is 0. The fraction of sp³-hybridized carbons (Fsp3) is 0.300. The lowest BCUT2D eigenvalue weighted by Crippen LogP contribution is -2.12. The van der Waals surface area contributed by atoms with Gasteiger partial charge in [-0.25, -0.2) is 0 Å². The van der Waals surface area contributed by atoms with Crippen molar-refractivity contribution in [3.8, 4) is 5.75 Å². The van der Waals surface area contributed by atoms with E-state index in [1.54, 1.807) is 12.1 Å². The summed E-state index contributed by atoms with van der Waals surface area (Å²) >= 11 is 3.25. The molecule has 1 rings (SSSR count). The fourth-order valence-corrected chi connectivity index (χ4v) is 1.37. The Morgan fingerprint density at radius 3 is 2.69 bits per heavy atom. The van der Waals surface area contributed by atoms with Crippen LogP contribution in [0.4, 0.5) is 0 Å². The predicted octanol–water partition coefficient (Wildman–Crippen LogP) is 2.29. The Bertz CT molecular complexity index is 310. The summed E-state index contributed by atoms with van der Waals surface area (Å²) in [5, 5.41) is 9.41. The van der Waals surface area contributed by atoms with Gasteiger partial charge in [0.1, 0.15) is 11.5 Å². The number of hydrogen-bond donors (Lipinski definition) is 1. The van der Waals surface area contributed by atoms with Crippen molar-refractivity contribution in [1.29, 1.82) is 0 Å². The molecule has 1 unspecified atom stereocenters. The van der Waals surface area contributed by atoms with Crippen molar-refractivity contribution in [1.82, 2.24) is 0 Å². The maximum absolute atomic E-state index is 10.9. The molecule has 2 nitrogen and oxygen atoms in total. The first-order valence-electron chi connectivity index (χ1n) is 4.02. The number of phenolic OH excluding ortho intramolecular Hbond substituents is 1. The molecule has 1 atom stereocenters. The minimum atomic E-state index is -0.208. The zero-order valence-electron chi connectivity index (χ0n) is 7.33. The van der Waals surface area contributed by atoms with Crippen LogP contribution in [0.1, 0.15) is 12.5 Å². The third-order valence-corrected chi connectivity index (χ3v) is 2.80. The molecule has 13 heavy (non-hydrogen) atoms. The van der Waals surface area contributed by atoms with E-state index in [9.17, 15) is 9.90 Å². The van der Waals surface area contributed by atoms with Gasteiger partial charge in [-0.1, -0.05) is 34.1 Å². The number of Topliss-reactive ketones (excluding diaryl/α,β-unsaturated/α-hetero) is 1. The summed E-state index contributed by atoms with van der Waals surface area (Å²) in [6.45, 7) is 1.53. The van der Waals surface area contributed by atoms with Crippen molar-refractivity contribution < 1.29 is 9.90 Å². The van der Waals surface area contributed by atoms with E-state index in [-0.39, 0.29) is 16.4 Å². The number of rotatable bonds is 3. The molecule has 0 aliphatic heterocycles. The lowest BCUT2D eigenvalue weighted by atomic mass is 10.1. The van der Waals surface area contributed by atoms with Gasteiger partial charge in [-0.05, 0) is 25.0 Å². The van der Waals surface area contributed by atoms with Crippen molar-refractivity contribution in [3.63, 3.8) is 0 Å². The molecular weight excluding hydrogens is 232 g/mol. The number of carbonyl (C=O) groups excluding carboxylic acids is 1. The second-order valence-electron chi connectivity index (χ2n) is 2.91. The quantitative estimate of drug-likeness (QED) is 0.827. The van der Waals surface area contributed by atoms with Crippen molar-refractivity contribution in [2.75, 3.05) is 0 Å². The van der Waals surface area contributed by atoms with Crippen LogP contribution in [0.3, 0.4) is 0 Å². The molecule has 0 spiro atoms. The van der Waals surface area contributed by atoms with Crippen molar-refractivity contribution in [2.45, 2.75) is 18.2 Å². The smallest absolute Gasteiger partial charge is 0.143 e. The number of alkyl halides is 1. The Morgan fingerprint density at radius 2 is 2.15 bits per heavy atom. The van der Waals surface area contributed by atoms with Crippen LogP contribution in [0.25, 0.3) is 0 Å². The molecule has 0 radical (unpaired) electrons. The topological polar surface area (TPSA) is 37.3 Å².